The third-order valence-corrected chi connectivity index (χ3v) is 7.28. The Hall–Kier alpha value is -2.57. The summed E-state index contributed by atoms with van der Waals surface area (Å²) in [7, 11) is -1.69. The lowest BCUT2D eigenvalue weighted by molar-refractivity contribution is 0.105. The van der Waals surface area contributed by atoms with Crippen LogP contribution >= 0.6 is 7.92 Å². The third-order valence-electron chi connectivity index (χ3n) is 5.20. The quantitative estimate of drug-likeness (QED) is 0.376. The van der Waals surface area contributed by atoms with Crippen molar-refractivity contribution >= 4 is 24.3 Å². The van der Waals surface area contributed by atoms with E-state index < -0.39 is 7.92 Å². The lowest BCUT2D eigenvalue weighted by atomic mass is 10.0. The second kappa shape index (κ2) is 11.3. The normalized spacial score (nSPS) is 10.5. The van der Waals surface area contributed by atoms with Gasteiger partial charge in [-0.1, -0.05) is 86.0 Å². The van der Waals surface area contributed by atoms with Crippen LogP contribution in [0.5, 0.6) is 0 Å². The van der Waals surface area contributed by atoms with E-state index in [1.165, 1.54) is 6.42 Å². The summed E-state index contributed by atoms with van der Waals surface area (Å²) in [6.07, 6.45) is 1.25. The molecule has 0 N–H and O–H groups in total. The van der Waals surface area contributed by atoms with Crippen molar-refractivity contribution in [2.24, 2.45) is 0 Å². The van der Waals surface area contributed by atoms with Gasteiger partial charge in [0.25, 0.3) is 0 Å². The standard InChI is InChI=1S/C26H27O2P.C3H8/c1-16-12-18(3)23(19(4)13-16)25(27)29(22-10-8-7-9-11-22)26(28)24-20(5)14-17(2)15-21(24)6;1-3-2/h7-15H,1-6H3;3H2,1-2H3. The Bertz CT molecular complexity index is 998. The first-order valence-corrected chi connectivity index (χ1v) is 12.6. The van der Waals surface area contributed by atoms with Gasteiger partial charge in [0.15, 0.2) is 11.0 Å². The second-order valence-electron chi connectivity index (χ2n) is 8.54. The summed E-state index contributed by atoms with van der Waals surface area (Å²) in [5.41, 5.74) is 7.21. The summed E-state index contributed by atoms with van der Waals surface area (Å²) in [5, 5.41) is 0.802. The fourth-order valence-electron chi connectivity index (χ4n) is 4.16. The van der Waals surface area contributed by atoms with Crippen molar-refractivity contribution in [1.82, 2.24) is 0 Å². The lowest BCUT2D eigenvalue weighted by Gasteiger charge is -2.21. The van der Waals surface area contributed by atoms with E-state index in [1.54, 1.807) is 0 Å². The molecule has 0 fully saturated rings. The predicted octanol–water partition coefficient (Wildman–Crippen LogP) is 7.74. The number of rotatable bonds is 5. The van der Waals surface area contributed by atoms with E-state index in [0.29, 0.717) is 11.1 Å². The Kier molecular flexibility index (Phi) is 9.10. The van der Waals surface area contributed by atoms with Crippen LogP contribution in [0.3, 0.4) is 0 Å². The van der Waals surface area contributed by atoms with E-state index in [2.05, 4.69) is 13.8 Å². The molecule has 0 aliphatic carbocycles. The third kappa shape index (κ3) is 5.81. The smallest absolute Gasteiger partial charge is 0.197 e. The summed E-state index contributed by atoms with van der Waals surface area (Å²) >= 11 is 0. The maximum atomic E-state index is 13.8. The van der Waals surface area contributed by atoms with E-state index in [4.69, 9.17) is 0 Å². The van der Waals surface area contributed by atoms with Crippen molar-refractivity contribution in [2.75, 3.05) is 0 Å². The first-order chi connectivity index (χ1) is 15.1. The molecule has 3 aromatic rings. The van der Waals surface area contributed by atoms with Gasteiger partial charge in [-0.3, -0.25) is 9.59 Å². The maximum absolute atomic E-state index is 13.8. The molecule has 2 nitrogen and oxygen atoms in total. The molecule has 0 spiro atoms. The van der Waals surface area contributed by atoms with Gasteiger partial charge in [0.1, 0.15) is 0 Å². The average Bonchev–Trinajstić information content (AvgIpc) is 2.68. The molecule has 0 radical (unpaired) electrons. The summed E-state index contributed by atoms with van der Waals surface area (Å²) in [6, 6.07) is 17.6. The molecular formula is C29H35O2P. The van der Waals surface area contributed by atoms with Gasteiger partial charge in [-0.15, -0.1) is 0 Å². The molecule has 0 bridgehead atoms. The summed E-state index contributed by atoms with van der Waals surface area (Å²) in [6.45, 7) is 16.1. The molecule has 0 amide bonds. The van der Waals surface area contributed by atoms with Crippen LogP contribution in [-0.4, -0.2) is 11.0 Å². The molecule has 0 unspecified atom stereocenters. The Morgan fingerprint density at radius 3 is 1.25 bits per heavy atom. The largest absolute Gasteiger partial charge is 0.288 e. The number of hydrogen-bond acceptors (Lipinski definition) is 2. The van der Waals surface area contributed by atoms with Crippen LogP contribution in [-0.2, 0) is 0 Å². The van der Waals surface area contributed by atoms with E-state index in [0.717, 1.165) is 38.7 Å². The monoisotopic (exact) mass is 446 g/mol. The molecule has 168 valence electrons. The fraction of sp³-hybridized carbons (Fsp3) is 0.310. The Labute approximate surface area is 194 Å². The van der Waals surface area contributed by atoms with Crippen molar-refractivity contribution < 1.29 is 9.59 Å². The minimum absolute atomic E-state index is 0.0643. The number of benzene rings is 3. The molecule has 0 aromatic heterocycles. The van der Waals surface area contributed by atoms with Crippen LogP contribution in [0.1, 0.15) is 74.4 Å². The molecule has 0 heterocycles. The van der Waals surface area contributed by atoms with Gasteiger partial charge < -0.3 is 0 Å². The van der Waals surface area contributed by atoms with E-state index in [-0.39, 0.29) is 11.0 Å². The van der Waals surface area contributed by atoms with E-state index in [9.17, 15) is 9.59 Å². The molecule has 0 atom stereocenters. The van der Waals surface area contributed by atoms with Crippen LogP contribution in [0.4, 0.5) is 0 Å². The van der Waals surface area contributed by atoms with Crippen LogP contribution in [0.25, 0.3) is 0 Å². The van der Waals surface area contributed by atoms with E-state index in [1.807, 2.05) is 96.1 Å². The van der Waals surface area contributed by atoms with Crippen LogP contribution in [0.2, 0.25) is 0 Å². The summed E-state index contributed by atoms with van der Waals surface area (Å²) in [5.74, 6) is 0. The minimum atomic E-state index is -1.69. The van der Waals surface area contributed by atoms with Crippen molar-refractivity contribution in [3.8, 4) is 0 Å². The maximum Gasteiger partial charge on any atom is 0.197 e. The number of carbonyl (C=O) groups excluding carboxylic acids is 2. The highest BCUT2D eigenvalue weighted by Crippen LogP contribution is 2.45. The van der Waals surface area contributed by atoms with Crippen molar-refractivity contribution in [3.05, 3.63) is 99.1 Å². The van der Waals surface area contributed by atoms with Crippen molar-refractivity contribution in [1.29, 1.82) is 0 Å². The first-order valence-electron chi connectivity index (χ1n) is 11.2. The van der Waals surface area contributed by atoms with Crippen LogP contribution in [0.15, 0.2) is 54.6 Å². The predicted molar refractivity (Wildman–Crippen MR) is 139 cm³/mol. The Balaban J connectivity index is 0.00000114. The second-order valence-corrected chi connectivity index (χ2v) is 10.5. The van der Waals surface area contributed by atoms with Gasteiger partial charge in [-0.25, -0.2) is 0 Å². The van der Waals surface area contributed by atoms with Gasteiger partial charge in [0.2, 0.25) is 0 Å². The van der Waals surface area contributed by atoms with Gasteiger partial charge in [0.05, 0.1) is 7.92 Å². The highest BCUT2D eigenvalue weighted by atomic mass is 31.1. The molecular weight excluding hydrogens is 411 g/mol. The Morgan fingerprint density at radius 1 is 0.625 bits per heavy atom. The van der Waals surface area contributed by atoms with Crippen molar-refractivity contribution in [3.63, 3.8) is 0 Å². The molecule has 3 heteroatoms. The zero-order valence-electron chi connectivity index (χ0n) is 20.7. The van der Waals surface area contributed by atoms with Gasteiger partial charge >= 0.3 is 0 Å². The highest BCUT2D eigenvalue weighted by molar-refractivity contribution is 7.96. The van der Waals surface area contributed by atoms with Crippen LogP contribution < -0.4 is 5.30 Å². The molecule has 3 rings (SSSR count). The number of aryl methyl sites for hydroxylation is 6. The SMILES string of the molecule is CCC.Cc1cc(C)c(C(=O)P(C(=O)c2c(C)cc(C)cc2C)c2ccccc2)c(C)c1. The van der Waals surface area contributed by atoms with Gasteiger partial charge in [-0.05, 0) is 69.1 Å². The molecule has 0 saturated carbocycles. The average molecular weight is 447 g/mol. The summed E-state index contributed by atoms with van der Waals surface area (Å²) < 4.78 is 0. The number of carbonyl (C=O) groups is 2. The van der Waals surface area contributed by atoms with Gasteiger partial charge in [-0.2, -0.15) is 0 Å². The molecule has 3 aromatic carbocycles. The lowest BCUT2D eigenvalue weighted by Crippen LogP contribution is -2.19. The molecule has 0 aliphatic rings. The topological polar surface area (TPSA) is 34.1 Å². The van der Waals surface area contributed by atoms with Crippen LogP contribution in [0, 0.1) is 41.5 Å². The zero-order chi connectivity index (χ0) is 24.0. The summed E-state index contributed by atoms with van der Waals surface area (Å²) in [4.78, 5) is 27.6. The molecule has 0 saturated heterocycles. The minimum Gasteiger partial charge on any atom is -0.288 e. The van der Waals surface area contributed by atoms with Gasteiger partial charge in [0, 0.05) is 11.1 Å². The highest BCUT2D eigenvalue weighted by Gasteiger charge is 2.33. The Morgan fingerprint density at radius 2 is 0.938 bits per heavy atom. The van der Waals surface area contributed by atoms with E-state index >= 15 is 0 Å². The fourth-order valence-corrected chi connectivity index (χ4v) is 6.44. The first kappa shape index (κ1) is 25.7. The molecule has 32 heavy (non-hydrogen) atoms. The number of hydrogen-bond donors (Lipinski definition) is 0. The zero-order valence-corrected chi connectivity index (χ0v) is 21.6. The molecule has 0 aliphatic heterocycles. The van der Waals surface area contributed by atoms with Crippen molar-refractivity contribution in [2.45, 2.75) is 61.8 Å².